The number of fused-ring (bicyclic) bond motifs is 7. The Morgan fingerprint density at radius 1 is 1.28 bits per heavy atom. The molecule has 8 heteroatoms. The van der Waals surface area contributed by atoms with Gasteiger partial charge in [-0.25, -0.2) is 13.6 Å². The first kappa shape index (κ1) is 22.2. The maximum atomic E-state index is 17.1. The number of carbonyl (C=O) groups excluding carboxylic acids is 1. The number of carbonyl (C=O) groups is 2. The smallest absolute Gasteiger partial charge is 0.339 e. The topological polar surface area (TPSA) is 93.1 Å². The van der Waals surface area contributed by atoms with Crippen LogP contribution in [0, 0.1) is 22.7 Å². The third-order valence-corrected chi connectivity index (χ3v) is 9.26. The van der Waals surface area contributed by atoms with Gasteiger partial charge in [-0.1, -0.05) is 26.3 Å². The van der Waals surface area contributed by atoms with Gasteiger partial charge in [0.25, 0.3) is 0 Å². The molecular formula is C24H30F2O6. The third-order valence-electron chi connectivity index (χ3n) is 9.26. The highest BCUT2D eigenvalue weighted by Crippen LogP contribution is 2.72. The van der Waals surface area contributed by atoms with Gasteiger partial charge in [0.15, 0.2) is 23.3 Å². The Bertz CT molecular complexity index is 933. The van der Waals surface area contributed by atoms with Crippen LogP contribution in [0.2, 0.25) is 0 Å². The van der Waals surface area contributed by atoms with E-state index >= 15 is 8.78 Å². The largest absolute Gasteiger partial charge is 0.479 e. The van der Waals surface area contributed by atoms with Crippen molar-refractivity contribution in [3.63, 3.8) is 0 Å². The summed E-state index contributed by atoms with van der Waals surface area (Å²) in [5, 5.41) is 21.6. The zero-order chi connectivity index (χ0) is 23.3. The summed E-state index contributed by atoms with van der Waals surface area (Å²) in [5.74, 6) is -3.11. The standard InChI is InChI=1S/C24H30F2O6/c1-4-5-19-31-18-10-13-14-9-16(25)15-8-12(27)6-7-21(15,2)23(14,26)17(28)11-22(13,3)24(18,32-19)20(29)30/h6-8,13-14,16-19,28H,4-5,9-11H2,1-3H3,(H,29,30)/t13-,14-,16-,17-,18+,19+,21-,22-,23-,24-/m0/s1. The number of carboxylic acid groups (broad SMARTS) is 1. The maximum absolute atomic E-state index is 17.1. The second-order valence-electron chi connectivity index (χ2n) is 10.6. The molecule has 5 aliphatic rings. The number of hydrogen-bond donors (Lipinski definition) is 2. The summed E-state index contributed by atoms with van der Waals surface area (Å²) in [6, 6.07) is 0. The zero-order valence-corrected chi connectivity index (χ0v) is 18.5. The van der Waals surface area contributed by atoms with Crippen LogP contribution in [-0.2, 0) is 19.1 Å². The number of hydrogen-bond acceptors (Lipinski definition) is 5. The van der Waals surface area contributed by atoms with Crippen molar-refractivity contribution in [1.82, 2.24) is 0 Å². The summed E-state index contributed by atoms with van der Waals surface area (Å²) in [5.41, 5.74) is -6.56. The molecule has 32 heavy (non-hydrogen) atoms. The van der Waals surface area contributed by atoms with Crippen LogP contribution in [0.4, 0.5) is 8.78 Å². The zero-order valence-electron chi connectivity index (χ0n) is 18.5. The second kappa shape index (κ2) is 6.70. The van der Waals surface area contributed by atoms with Crippen LogP contribution in [0.3, 0.4) is 0 Å². The van der Waals surface area contributed by atoms with Crippen LogP contribution in [0.1, 0.15) is 52.9 Å². The Morgan fingerprint density at radius 3 is 2.66 bits per heavy atom. The Kier molecular flexibility index (Phi) is 4.64. The molecule has 1 heterocycles. The van der Waals surface area contributed by atoms with Crippen molar-refractivity contribution in [1.29, 1.82) is 0 Å². The monoisotopic (exact) mass is 452 g/mol. The molecule has 1 aliphatic heterocycles. The van der Waals surface area contributed by atoms with Gasteiger partial charge in [0.1, 0.15) is 12.3 Å². The van der Waals surface area contributed by atoms with Crippen LogP contribution < -0.4 is 0 Å². The molecule has 1 saturated heterocycles. The number of alkyl halides is 2. The number of aliphatic hydroxyl groups excluding tert-OH is 1. The lowest BCUT2D eigenvalue weighted by Crippen LogP contribution is -2.70. The van der Waals surface area contributed by atoms with Gasteiger partial charge in [-0.15, -0.1) is 0 Å². The normalized spacial score (nSPS) is 53.8. The number of halogens is 2. The molecule has 0 aromatic carbocycles. The molecule has 0 aromatic rings. The van der Waals surface area contributed by atoms with Crippen molar-refractivity contribution in [2.75, 3.05) is 0 Å². The van der Waals surface area contributed by atoms with Crippen LogP contribution in [0.25, 0.3) is 0 Å². The summed E-state index contributed by atoms with van der Waals surface area (Å²) >= 11 is 0. The molecule has 0 spiro atoms. The molecule has 0 bridgehead atoms. The van der Waals surface area contributed by atoms with Crippen molar-refractivity contribution >= 4 is 11.8 Å². The lowest BCUT2D eigenvalue weighted by atomic mass is 9.44. The molecule has 10 atom stereocenters. The van der Waals surface area contributed by atoms with Crippen molar-refractivity contribution in [3.8, 4) is 0 Å². The SMILES string of the molecule is CCC[C@@H]1O[C@@H]2C[C@H]3[C@@H]4C[C@H](F)C5=CC(=O)C=C[C@]5(C)[C@@]4(F)[C@@H](O)C[C@]3(C)[C@]2(C(=O)O)O1. The molecule has 0 aromatic heterocycles. The minimum absolute atomic E-state index is 0.0491. The van der Waals surface area contributed by atoms with Crippen LogP contribution in [0.15, 0.2) is 23.8 Å². The molecule has 0 amide bonds. The van der Waals surface area contributed by atoms with Crippen molar-refractivity contribution in [2.24, 2.45) is 22.7 Å². The lowest BCUT2D eigenvalue weighted by Gasteiger charge is -2.62. The first-order valence-electron chi connectivity index (χ1n) is 11.5. The number of ether oxygens (including phenoxy) is 2. The molecule has 0 radical (unpaired) electrons. The van der Waals surface area contributed by atoms with Crippen molar-refractivity contribution in [3.05, 3.63) is 23.8 Å². The Morgan fingerprint density at radius 2 is 2.00 bits per heavy atom. The van der Waals surface area contributed by atoms with E-state index in [2.05, 4.69) is 0 Å². The van der Waals surface area contributed by atoms with Gasteiger partial charge in [-0.3, -0.25) is 4.79 Å². The van der Waals surface area contributed by atoms with E-state index in [0.29, 0.717) is 6.42 Å². The molecule has 4 aliphatic carbocycles. The fraction of sp³-hybridized carbons (Fsp3) is 0.750. The average Bonchev–Trinajstić information content (AvgIpc) is 3.19. The Labute approximate surface area is 185 Å². The van der Waals surface area contributed by atoms with Gasteiger partial charge in [0.2, 0.25) is 0 Å². The number of aliphatic hydroxyl groups is 1. The van der Waals surface area contributed by atoms with Crippen molar-refractivity contribution in [2.45, 2.75) is 88.8 Å². The van der Waals surface area contributed by atoms with E-state index in [1.165, 1.54) is 19.1 Å². The van der Waals surface area contributed by atoms with E-state index in [1.807, 2.05) is 6.92 Å². The van der Waals surface area contributed by atoms with Crippen LogP contribution in [-0.4, -0.2) is 57.9 Å². The van der Waals surface area contributed by atoms with Gasteiger partial charge in [0, 0.05) is 16.7 Å². The van der Waals surface area contributed by atoms with Gasteiger partial charge in [-0.2, -0.15) is 0 Å². The molecule has 3 saturated carbocycles. The molecule has 6 nitrogen and oxygen atoms in total. The number of rotatable bonds is 3. The third kappa shape index (κ3) is 2.33. The summed E-state index contributed by atoms with van der Waals surface area (Å²) in [6.07, 6.45) is 0.269. The van der Waals surface area contributed by atoms with Gasteiger partial charge in [0.05, 0.1) is 6.10 Å². The van der Waals surface area contributed by atoms with E-state index in [4.69, 9.17) is 9.47 Å². The molecular weight excluding hydrogens is 422 g/mol. The fourth-order valence-electron chi connectivity index (χ4n) is 7.75. The summed E-state index contributed by atoms with van der Waals surface area (Å²) in [4.78, 5) is 24.5. The molecule has 4 fully saturated rings. The van der Waals surface area contributed by atoms with Gasteiger partial charge in [-0.05, 0) is 56.3 Å². The van der Waals surface area contributed by atoms with Crippen LogP contribution in [0.5, 0.6) is 0 Å². The Hall–Kier alpha value is -1.64. The van der Waals surface area contributed by atoms with E-state index in [9.17, 15) is 19.8 Å². The number of carboxylic acids is 1. The van der Waals surface area contributed by atoms with Gasteiger partial charge >= 0.3 is 5.97 Å². The highest BCUT2D eigenvalue weighted by molar-refractivity contribution is 6.01. The predicted molar refractivity (Wildman–Crippen MR) is 109 cm³/mol. The fourth-order valence-corrected chi connectivity index (χ4v) is 7.75. The highest BCUT2D eigenvalue weighted by Gasteiger charge is 2.80. The van der Waals surface area contributed by atoms with E-state index in [-0.39, 0.29) is 24.8 Å². The number of ketones is 1. The number of allylic oxidation sites excluding steroid dienone is 4. The van der Waals surface area contributed by atoms with E-state index < -0.39 is 70.4 Å². The maximum Gasteiger partial charge on any atom is 0.339 e. The molecule has 176 valence electrons. The Balaban J connectivity index is 1.62. The minimum atomic E-state index is -2.25. The summed E-state index contributed by atoms with van der Waals surface area (Å²) in [7, 11) is 0. The highest BCUT2D eigenvalue weighted by atomic mass is 19.1. The average molecular weight is 452 g/mol. The lowest BCUT2D eigenvalue weighted by molar-refractivity contribution is -0.239. The molecule has 2 N–H and O–H groups in total. The summed E-state index contributed by atoms with van der Waals surface area (Å²) in [6.45, 7) is 5.19. The first-order valence-corrected chi connectivity index (χ1v) is 11.5. The first-order chi connectivity index (χ1) is 15.0. The predicted octanol–water partition coefficient (Wildman–Crippen LogP) is 3.28. The molecule has 5 rings (SSSR count). The minimum Gasteiger partial charge on any atom is -0.479 e. The second-order valence-corrected chi connectivity index (χ2v) is 10.6. The summed E-state index contributed by atoms with van der Waals surface area (Å²) < 4.78 is 44.6. The van der Waals surface area contributed by atoms with Crippen LogP contribution >= 0.6 is 0 Å². The van der Waals surface area contributed by atoms with Crippen molar-refractivity contribution < 1.29 is 38.1 Å². The quantitative estimate of drug-likeness (QED) is 0.683. The number of aliphatic carboxylic acids is 1. The van der Waals surface area contributed by atoms with Gasteiger partial charge < -0.3 is 19.7 Å². The van der Waals surface area contributed by atoms with E-state index in [1.54, 1.807) is 6.92 Å². The van der Waals surface area contributed by atoms with E-state index in [0.717, 1.165) is 12.5 Å². The molecule has 0 unspecified atom stereocenters.